The number of benzene rings is 2. The van der Waals surface area contributed by atoms with E-state index in [4.69, 9.17) is 0 Å². The number of hydrogen-bond acceptors (Lipinski definition) is 3. The fraction of sp³-hybridized carbons (Fsp3) is 0.154. The van der Waals surface area contributed by atoms with Crippen LogP contribution in [0.15, 0.2) is 30.3 Å². The Morgan fingerprint density at radius 3 is 2.69 bits per heavy atom. The SMILES string of the molecule is COC(=O)c1cc(O)c2ccc(C)cc2c1. The number of phenols is 1. The van der Waals surface area contributed by atoms with Crippen molar-refractivity contribution >= 4 is 16.7 Å². The van der Waals surface area contributed by atoms with Crippen molar-refractivity contribution in [1.82, 2.24) is 0 Å². The van der Waals surface area contributed by atoms with Gasteiger partial charge < -0.3 is 9.84 Å². The number of aromatic hydroxyl groups is 1. The van der Waals surface area contributed by atoms with Crippen molar-refractivity contribution in [3.8, 4) is 5.75 Å². The summed E-state index contributed by atoms with van der Waals surface area (Å²) < 4.78 is 4.62. The number of hydrogen-bond donors (Lipinski definition) is 1. The molecule has 0 aliphatic heterocycles. The van der Waals surface area contributed by atoms with Crippen molar-refractivity contribution in [2.75, 3.05) is 7.11 Å². The van der Waals surface area contributed by atoms with Crippen LogP contribution in [-0.4, -0.2) is 18.2 Å². The molecule has 2 aromatic carbocycles. The smallest absolute Gasteiger partial charge is 0.338 e. The Bertz CT molecular complexity index is 558. The maximum absolute atomic E-state index is 11.4. The maximum atomic E-state index is 11.4. The second-order valence-electron chi connectivity index (χ2n) is 3.71. The van der Waals surface area contributed by atoms with Gasteiger partial charge in [-0.2, -0.15) is 0 Å². The van der Waals surface area contributed by atoms with E-state index in [9.17, 15) is 9.90 Å². The minimum atomic E-state index is -0.446. The summed E-state index contributed by atoms with van der Waals surface area (Å²) in [6, 6.07) is 8.81. The van der Waals surface area contributed by atoms with Crippen molar-refractivity contribution in [2.45, 2.75) is 6.92 Å². The van der Waals surface area contributed by atoms with Crippen LogP contribution in [0.3, 0.4) is 0 Å². The largest absolute Gasteiger partial charge is 0.507 e. The molecule has 0 saturated carbocycles. The summed E-state index contributed by atoms with van der Waals surface area (Å²) in [7, 11) is 1.32. The lowest BCUT2D eigenvalue weighted by Gasteiger charge is -2.05. The Labute approximate surface area is 93.3 Å². The zero-order valence-electron chi connectivity index (χ0n) is 9.15. The summed E-state index contributed by atoms with van der Waals surface area (Å²) in [5, 5.41) is 11.3. The molecular formula is C13H12O3. The van der Waals surface area contributed by atoms with Gasteiger partial charge in [-0.1, -0.05) is 23.8 Å². The van der Waals surface area contributed by atoms with Crippen molar-refractivity contribution in [3.63, 3.8) is 0 Å². The number of aryl methyl sites for hydroxylation is 1. The fourth-order valence-corrected chi connectivity index (χ4v) is 1.70. The maximum Gasteiger partial charge on any atom is 0.338 e. The third kappa shape index (κ3) is 1.72. The molecule has 0 aliphatic rings. The quantitative estimate of drug-likeness (QED) is 0.745. The Morgan fingerprint density at radius 1 is 1.25 bits per heavy atom. The Balaban J connectivity index is 2.69. The lowest BCUT2D eigenvalue weighted by atomic mass is 10.0. The predicted octanol–water partition coefficient (Wildman–Crippen LogP) is 2.64. The van der Waals surface area contributed by atoms with E-state index in [0.29, 0.717) is 5.56 Å². The Hall–Kier alpha value is -2.03. The molecule has 0 spiro atoms. The highest BCUT2D eigenvalue weighted by Gasteiger charge is 2.09. The second-order valence-corrected chi connectivity index (χ2v) is 3.71. The number of carbonyl (C=O) groups is 1. The van der Waals surface area contributed by atoms with Gasteiger partial charge in [-0.25, -0.2) is 4.79 Å². The van der Waals surface area contributed by atoms with E-state index in [1.54, 1.807) is 6.07 Å². The monoisotopic (exact) mass is 216 g/mol. The Morgan fingerprint density at radius 2 is 2.00 bits per heavy atom. The number of methoxy groups -OCH3 is 1. The molecule has 0 amide bonds. The zero-order chi connectivity index (χ0) is 11.7. The molecule has 2 aromatic rings. The van der Waals surface area contributed by atoms with Gasteiger partial charge in [0, 0.05) is 5.39 Å². The van der Waals surface area contributed by atoms with Crippen molar-refractivity contribution in [1.29, 1.82) is 0 Å². The molecule has 0 aliphatic carbocycles. The summed E-state index contributed by atoms with van der Waals surface area (Å²) in [6.07, 6.45) is 0. The van der Waals surface area contributed by atoms with Gasteiger partial charge in [-0.3, -0.25) is 0 Å². The summed E-state index contributed by atoms with van der Waals surface area (Å²) >= 11 is 0. The molecule has 0 heterocycles. The van der Waals surface area contributed by atoms with Crippen LogP contribution in [0.25, 0.3) is 10.8 Å². The summed E-state index contributed by atoms with van der Waals surface area (Å²) in [4.78, 5) is 11.4. The van der Waals surface area contributed by atoms with Gasteiger partial charge in [0.25, 0.3) is 0 Å². The van der Waals surface area contributed by atoms with Crippen LogP contribution >= 0.6 is 0 Å². The van der Waals surface area contributed by atoms with Gasteiger partial charge in [-0.15, -0.1) is 0 Å². The molecular weight excluding hydrogens is 204 g/mol. The summed E-state index contributed by atoms with van der Waals surface area (Å²) in [6.45, 7) is 1.96. The van der Waals surface area contributed by atoms with E-state index in [0.717, 1.165) is 16.3 Å². The molecule has 0 unspecified atom stereocenters. The fourth-order valence-electron chi connectivity index (χ4n) is 1.70. The molecule has 0 saturated heterocycles. The highest BCUT2D eigenvalue weighted by molar-refractivity contribution is 5.98. The van der Waals surface area contributed by atoms with Crippen LogP contribution in [0.1, 0.15) is 15.9 Å². The van der Waals surface area contributed by atoms with Gasteiger partial charge >= 0.3 is 5.97 Å². The topological polar surface area (TPSA) is 46.5 Å². The zero-order valence-corrected chi connectivity index (χ0v) is 9.15. The van der Waals surface area contributed by atoms with Crippen molar-refractivity contribution in [3.05, 3.63) is 41.5 Å². The lowest BCUT2D eigenvalue weighted by Crippen LogP contribution is -2.00. The Kier molecular flexibility index (Phi) is 2.52. The molecule has 1 N–H and O–H groups in total. The van der Waals surface area contributed by atoms with Crippen LogP contribution in [0, 0.1) is 6.92 Å². The van der Waals surface area contributed by atoms with E-state index >= 15 is 0 Å². The van der Waals surface area contributed by atoms with Crippen molar-refractivity contribution < 1.29 is 14.6 Å². The number of carbonyl (C=O) groups excluding carboxylic acids is 1. The molecule has 16 heavy (non-hydrogen) atoms. The molecule has 0 radical (unpaired) electrons. The van der Waals surface area contributed by atoms with E-state index in [1.807, 2.05) is 25.1 Å². The predicted molar refractivity (Wildman–Crippen MR) is 61.7 cm³/mol. The first-order valence-corrected chi connectivity index (χ1v) is 4.93. The number of rotatable bonds is 1. The average Bonchev–Trinajstić information content (AvgIpc) is 2.27. The number of phenolic OH excluding ortho intramolecular Hbond substituents is 1. The van der Waals surface area contributed by atoms with E-state index in [2.05, 4.69) is 4.74 Å². The average molecular weight is 216 g/mol. The minimum absolute atomic E-state index is 0.0953. The molecule has 0 aromatic heterocycles. The van der Waals surface area contributed by atoms with Crippen LogP contribution < -0.4 is 0 Å². The standard InChI is InChI=1S/C13H12O3/c1-8-3-4-11-9(5-8)6-10(7-12(11)14)13(15)16-2/h3-7,14H,1-2H3. The van der Waals surface area contributed by atoms with Crippen LogP contribution in [-0.2, 0) is 4.74 Å². The summed E-state index contributed by atoms with van der Waals surface area (Å²) in [5.74, 6) is -0.350. The van der Waals surface area contributed by atoms with Crippen LogP contribution in [0.2, 0.25) is 0 Å². The first kappa shape index (κ1) is 10.5. The lowest BCUT2D eigenvalue weighted by molar-refractivity contribution is 0.0600. The minimum Gasteiger partial charge on any atom is -0.507 e. The van der Waals surface area contributed by atoms with Crippen molar-refractivity contribution in [2.24, 2.45) is 0 Å². The van der Waals surface area contributed by atoms with Crippen LogP contribution in [0.5, 0.6) is 5.75 Å². The number of fused-ring (bicyclic) bond motifs is 1. The van der Waals surface area contributed by atoms with Gasteiger partial charge in [0.1, 0.15) is 5.75 Å². The molecule has 3 nitrogen and oxygen atoms in total. The van der Waals surface area contributed by atoms with Gasteiger partial charge in [-0.05, 0) is 24.4 Å². The second kappa shape index (κ2) is 3.85. The normalized spacial score (nSPS) is 10.4. The molecule has 0 fully saturated rings. The van der Waals surface area contributed by atoms with Gasteiger partial charge in [0.15, 0.2) is 0 Å². The third-order valence-corrected chi connectivity index (χ3v) is 2.51. The summed E-state index contributed by atoms with van der Waals surface area (Å²) in [5.41, 5.74) is 1.44. The highest BCUT2D eigenvalue weighted by atomic mass is 16.5. The van der Waals surface area contributed by atoms with Gasteiger partial charge in [0.05, 0.1) is 12.7 Å². The van der Waals surface area contributed by atoms with E-state index in [-0.39, 0.29) is 5.75 Å². The molecule has 82 valence electrons. The molecule has 0 bridgehead atoms. The first-order chi connectivity index (χ1) is 7.61. The molecule has 0 atom stereocenters. The van der Waals surface area contributed by atoms with E-state index < -0.39 is 5.97 Å². The molecule has 2 rings (SSSR count). The van der Waals surface area contributed by atoms with Gasteiger partial charge in [0.2, 0.25) is 0 Å². The van der Waals surface area contributed by atoms with Crippen LogP contribution in [0.4, 0.5) is 0 Å². The third-order valence-electron chi connectivity index (χ3n) is 2.51. The highest BCUT2D eigenvalue weighted by Crippen LogP contribution is 2.27. The number of esters is 1. The first-order valence-electron chi connectivity index (χ1n) is 4.93. The molecule has 3 heteroatoms. The number of ether oxygens (including phenoxy) is 1. The van der Waals surface area contributed by atoms with E-state index in [1.165, 1.54) is 13.2 Å².